The molecule has 2 aromatic rings. The molecule has 110 valence electrons. The molecule has 6 heteroatoms. The Balaban J connectivity index is 1.70. The lowest BCUT2D eigenvalue weighted by Gasteiger charge is -2.32. The van der Waals surface area contributed by atoms with Crippen molar-refractivity contribution in [1.29, 1.82) is 0 Å². The second-order valence-electron chi connectivity index (χ2n) is 5.57. The average Bonchev–Trinajstić information content (AvgIpc) is 2.47. The summed E-state index contributed by atoms with van der Waals surface area (Å²) < 4.78 is 0. The van der Waals surface area contributed by atoms with Crippen LogP contribution < -0.4 is 10.5 Å². The Labute approximate surface area is 123 Å². The quantitative estimate of drug-likeness (QED) is 0.906. The van der Waals surface area contributed by atoms with Gasteiger partial charge < -0.3 is 9.88 Å². The molecule has 0 radical (unpaired) electrons. The fraction of sp³-hybridized carbons (Fsp3) is 0.467. The van der Waals surface area contributed by atoms with Crippen molar-refractivity contribution < 1.29 is 0 Å². The Morgan fingerprint density at radius 2 is 1.90 bits per heavy atom. The van der Waals surface area contributed by atoms with Gasteiger partial charge in [0.2, 0.25) is 0 Å². The Bertz CT molecular complexity index is 671. The van der Waals surface area contributed by atoms with E-state index < -0.39 is 0 Å². The Kier molecular flexibility index (Phi) is 3.68. The molecule has 0 amide bonds. The summed E-state index contributed by atoms with van der Waals surface area (Å²) in [5.74, 6) is 2.05. The molecule has 1 N–H and O–H groups in total. The molecule has 3 heterocycles. The van der Waals surface area contributed by atoms with Gasteiger partial charge in [0.15, 0.2) is 5.82 Å². The SMILES string of the molecule is Cc1ccc(N2CCC(c3nc(C)cc(=O)[nH]3)CC2)nn1. The van der Waals surface area contributed by atoms with Crippen LogP contribution >= 0.6 is 0 Å². The van der Waals surface area contributed by atoms with Crippen LogP contribution in [-0.4, -0.2) is 33.3 Å². The van der Waals surface area contributed by atoms with Gasteiger partial charge in [-0.25, -0.2) is 4.98 Å². The number of nitrogens with zero attached hydrogens (tertiary/aromatic N) is 4. The predicted octanol–water partition coefficient (Wildman–Crippen LogP) is 1.56. The van der Waals surface area contributed by atoms with Gasteiger partial charge in [0, 0.05) is 30.8 Å². The van der Waals surface area contributed by atoms with Gasteiger partial charge in [0.1, 0.15) is 5.82 Å². The molecule has 6 nitrogen and oxygen atoms in total. The van der Waals surface area contributed by atoms with E-state index >= 15 is 0 Å². The fourth-order valence-corrected chi connectivity index (χ4v) is 2.74. The van der Waals surface area contributed by atoms with E-state index in [1.165, 1.54) is 6.07 Å². The number of aryl methyl sites for hydroxylation is 2. The minimum Gasteiger partial charge on any atom is -0.355 e. The van der Waals surface area contributed by atoms with Crippen molar-refractivity contribution >= 4 is 5.82 Å². The van der Waals surface area contributed by atoms with Gasteiger partial charge in [-0.2, -0.15) is 5.10 Å². The van der Waals surface area contributed by atoms with Gasteiger partial charge in [-0.1, -0.05) is 0 Å². The van der Waals surface area contributed by atoms with Gasteiger partial charge in [0.05, 0.1) is 5.69 Å². The van der Waals surface area contributed by atoms with Gasteiger partial charge in [-0.05, 0) is 38.8 Å². The highest BCUT2D eigenvalue weighted by Gasteiger charge is 2.23. The molecule has 0 aromatic carbocycles. The average molecular weight is 285 g/mol. The summed E-state index contributed by atoms with van der Waals surface area (Å²) in [6.07, 6.45) is 1.92. The van der Waals surface area contributed by atoms with Crippen molar-refractivity contribution in [1.82, 2.24) is 20.2 Å². The summed E-state index contributed by atoms with van der Waals surface area (Å²) in [6.45, 7) is 5.60. The number of nitrogens with one attached hydrogen (secondary N) is 1. The number of rotatable bonds is 2. The molecule has 0 saturated carbocycles. The number of hydrogen-bond acceptors (Lipinski definition) is 5. The Morgan fingerprint density at radius 3 is 2.52 bits per heavy atom. The number of hydrogen-bond donors (Lipinski definition) is 1. The number of aromatic amines is 1. The smallest absolute Gasteiger partial charge is 0.251 e. The largest absolute Gasteiger partial charge is 0.355 e. The van der Waals surface area contributed by atoms with Crippen molar-refractivity contribution in [2.24, 2.45) is 0 Å². The zero-order chi connectivity index (χ0) is 14.8. The minimum atomic E-state index is -0.0654. The van der Waals surface area contributed by atoms with Crippen LogP contribution in [0.1, 0.15) is 36.0 Å². The zero-order valence-corrected chi connectivity index (χ0v) is 12.3. The zero-order valence-electron chi connectivity index (χ0n) is 12.3. The summed E-state index contributed by atoms with van der Waals surface area (Å²) >= 11 is 0. The van der Waals surface area contributed by atoms with Crippen LogP contribution in [0.25, 0.3) is 0 Å². The first-order chi connectivity index (χ1) is 10.1. The maximum absolute atomic E-state index is 11.5. The van der Waals surface area contributed by atoms with Crippen LogP contribution in [0.15, 0.2) is 23.0 Å². The molecule has 1 saturated heterocycles. The molecule has 2 aromatic heterocycles. The fourth-order valence-electron chi connectivity index (χ4n) is 2.74. The normalized spacial score (nSPS) is 16.2. The molecule has 0 atom stereocenters. The van der Waals surface area contributed by atoms with E-state index in [0.717, 1.165) is 49.0 Å². The lowest BCUT2D eigenvalue weighted by Crippen LogP contribution is -2.34. The van der Waals surface area contributed by atoms with Gasteiger partial charge in [-0.3, -0.25) is 4.79 Å². The third-order valence-electron chi connectivity index (χ3n) is 3.88. The maximum atomic E-state index is 11.5. The second kappa shape index (κ2) is 5.63. The van der Waals surface area contributed by atoms with E-state index in [-0.39, 0.29) is 5.56 Å². The van der Waals surface area contributed by atoms with Crippen molar-refractivity contribution in [3.8, 4) is 0 Å². The van der Waals surface area contributed by atoms with E-state index in [1.54, 1.807) is 0 Å². The number of piperidine rings is 1. The minimum absolute atomic E-state index is 0.0654. The van der Waals surface area contributed by atoms with E-state index in [2.05, 4.69) is 25.1 Å². The molecule has 0 unspecified atom stereocenters. The second-order valence-corrected chi connectivity index (χ2v) is 5.57. The lowest BCUT2D eigenvalue weighted by atomic mass is 9.96. The van der Waals surface area contributed by atoms with Gasteiger partial charge in [0.25, 0.3) is 5.56 Å². The Hall–Kier alpha value is -2.24. The highest BCUT2D eigenvalue weighted by molar-refractivity contribution is 5.38. The summed E-state index contributed by atoms with van der Waals surface area (Å²) in [6, 6.07) is 5.52. The lowest BCUT2D eigenvalue weighted by molar-refractivity contribution is 0.480. The van der Waals surface area contributed by atoms with Crippen molar-refractivity contribution in [2.45, 2.75) is 32.6 Å². The molecule has 0 spiro atoms. The first kappa shape index (κ1) is 13.7. The van der Waals surface area contributed by atoms with E-state index in [0.29, 0.717) is 5.92 Å². The van der Waals surface area contributed by atoms with Crippen LogP contribution in [0, 0.1) is 13.8 Å². The van der Waals surface area contributed by atoms with Gasteiger partial charge >= 0.3 is 0 Å². The molecule has 3 rings (SSSR count). The van der Waals surface area contributed by atoms with Crippen LogP contribution in [-0.2, 0) is 0 Å². The molecule has 1 fully saturated rings. The molecule has 0 aliphatic carbocycles. The van der Waals surface area contributed by atoms with Crippen molar-refractivity contribution in [2.75, 3.05) is 18.0 Å². The van der Waals surface area contributed by atoms with Crippen LogP contribution in [0.2, 0.25) is 0 Å². The first-order valence-corrected chi connectivity index (χ1v) is 7.25. The number of anilines is 1. The molecular weight excluding hydrogens is 266 g/mol. The van der Waals surface area contributed by atoms with Crippen LogP contribution in [0.4, 0.5) is 5.82 Å². The summed E-state index contributed by atoms with van der Waals surface area (Å²) in [5.41, 5.74) is 1.64. The summed E-state index contributed by atoms with van der Waals surface area (Å²) in [4.78, 5) is 21.1. The molecule has 1 aliphatic heterocycles. The molecule has 1 aliphatic rings. The molecule has 21 heavy (non-hydrogen) atoms. The van der Waals surface area contributed by atoms with Crippen LogP contribution in [0.5, 0.6) is 0 Å². The third kappa shape index (κ3) is 3.09. The summed E-state index contributed by atoms with van der Waals surface area (Å²) in [5, 5.41) is 8.33. The third-order valence-corrected chi connectivity index (χ3v) is 3.88. The maximum Gasteiger partial charge on any atom is 0.251 e. The van der Waals surface area contributed by atoms with E-state index in [4.69, 9.17) is 0 Å². The monoisotopic (exact) mass is 285 g/mol. The highest BCUT2D eigenvalue weighted by Crippen LogP contribution is 2.27. The van der Waals surface area contributed by atoms with Crippen molar-refractivity contribution in [3.05, 3.63) is 45.8 Å². The predicted molar refractivity (Wildman–Crippen MR) is 80.6 cm³/mol. The number of aromatic nitrogens is 4. The van der Waals surface area contributed by atoms with E-state index in [9.17, 15) is 4.79 Å². The van der Waals surface area contributed by atoms with Crippen LogP contribution in [0.3, 0.4) is 0 Å². The first-order valence-electron chi connectivity index (χ1n) is 7.25. The topological polar surface area (TPSA) is 74.8 Å². The molecular formula is C15H19N5O. The van der Waals surface area contributed by atoms with Gasteiger partial charge in [-0.15, -0.1) is 5.10 Å². The summed E-state index contributed by atoms with van der Waals surface area (Å²) in [7, 11) is 0. The molecule has 0 bridgehead atoms. The highest BCUT2D eigenvalue weighted by atomic mass is 16.1. The standard InChI is InChI=1S/C15H19N5O/c1-10-3-4-13(19-18-10)20-7-5-12(6-8-20)15-16-11(2)9-14(21)17-15/h3-4,9,12H,5-8H2,1-2H3,(H,16,17,21). The number of H-pyrrole nitrogens is 1. The van der Waals surface area contributed by atoms with E-state index in [1.807, 2.05) is 26.0 Å². The Morgan fingerprint density at radius 1 is 1.14 bits per heavy atom. The van der Waals surface area contributed by atoms with Crippen molar-refractivity contribution in [3.63, 3.8) is 0 Å².